The summed E-state index contributed by atoms with van der Waals surface area (Å²) >= 11 is 2.08. The normalized spacial score (nSPS) is 11.1. The maximum absolute atomic E-state index is 11.6. The summed E-state index contributed by atoms with van der Waals surface area (Å²) in [5.74, 6) is -0.506. The fourth-order valence-electron chi connectivity index (χ4n) is 0.895. The van der Waals surface area contributed by atoms with Crippen molar-refractivity contribution >= 4 is 38.5 Å². The standard InChI is InChI=1S/C9H10INO3S/c1-2-9(12)11-15(13,14)8-5-3-7(10)4-6-8/h3-6H,2H2,1H3,(H,11,12). The third-order valence-electron chi connectivity index (χ3n) is 1.69. The number of amides is 1. The molecule has 0 heterocycles. The average molecular weight is 339 g/mol. The molecule has 0 aliphatic carbocycles. The van der Waals surface area contributed by atoms with Gasteiger partial charge in [0.15, 0.2) is 0 Å². The lowest BCUT2D eigenvalue weighted by atomic mass is 10.4. The molecule has 0 atom stereocenters. The molecule has 1 rings (SSSR count). The van der Waals surface area contributed by atoms with Gasteiger partial charge in [-0.1, -0.05) is 6.92 Å². The Labute approximate surface area is 102 Å². The molecule has 0 fully saturated rings. The molecule has 0 spiro atoms. The Balaban J connectivity index is 2.96. The fraction of sp³-hybridized carbons (Fsp3) is 0.222. The number of carbonyl (C=O) groups excluding carboxylic acids is 1. The van der Waals surface area contributed by atoms with Crippen LogP contribution in [0.4, 0.5) is 0 Å². The molecule has 0 bridgehead atoms. The van der Waals surface area contributed by atoms with E-state index in [0.717, 1.165) is 3.57 Å². The van der Waals surface area contributed by atoms with E-state index < -0.39 is 15.9 Å². The van der Waals surface area contributed by atoms with E-state index in [1.165, 1.54) is 12.1 Å². The molecule has 1 N–H and O–H groups in total. The Bertz CT molecular complexity index is 453. The number of halogens is 1. The number of carbonyl (C=O) groups is 1. The highest BCUT2D eigenvalue weighted by Gasteiger charge is 2.15. The maximum atomic E-state index is 11.6. The summed E-state index contributed by atoms with van der Waals surface area (Å²) in [7, 11) is -3.69. The molecule has 15 heavy (non-hydrogen) atoms. The van der Waals surface area contributed by atoms with Crippen LogP contribution in [-0.2, 0) is 14.8 Å². The largest absolute Gasteiger partial charge is 0.274 e. The van der Waals surface area contributed by atoms with Crippen molar-refractivity contribution in [3.8, 4) is 0 Å². The van der Waals surface area contributed by atoms with Gasteiger partial charge in [-0.15, -0.1) is 0 Å². The van der Waals surface area contributed by atoms with E-state index in [0.29, 0.717) is 0 Å². The zero-order valence-electron chi connectivity index (χ0n) is 8.03. The van der Waals surface area contributed by atoms with Gasteiger partial charge in [-0.05, 0) is 46.9 Å². The van der Waals surface area contributed by atoms with Crippen molar-refractivity contribution in [2.24, 2.45) is 0 Å². The van der Waals surface area contributed by atoms with Crippen molar-refractivity contribution in [2.75, 3.05) is 0 Å². The molecule has 1 aromatic carbocycles. The van der Waals surface area contributed by atoms with E-state index in [1.54, 1.807) is 19.1 Å². The molecule has 0 unspecified atom stereocenters. The van der Waals surface area contributed by atoms with Crippen molar-refractivity contribution < 1.29 is 13.2 Å². The van der Waals surface area contributed by atoms with Crippen LogP contribution in [0.3, 0.4) is 0 Å². The van der Waals surface area contributed by atoms with Gasteiger partial charge in [0.25, 0.3) is 10.0 Å². The van der Waals surface area contributed by atoms with E-state index in [9.17, 15) is 13.2 Å². The first-order chi connectivity index (χ1) is 6.95. The van der Waals surface area contributed by atoms with Crippen LogP contribution in [0.5, 0.6) is 0 Å². The van der Waals surface area contributed by atoms with Crippen molar-refractivity contribution in [1.82, 2.24) is 4.72 Å². The van der Waals surface area contributed by atoms with Gasteiger partial charge in [0.05, 0.1) is 4.90 Å². The van der Waals surface area contributed by atoms with E-state index in [1.807, 2.05) is 4.72 Å². The third kappa shape index (κ3) is 3.45. The molecular weight excluding hydrogens is 329 g/mol. The molecule has 0 aromatic heterocycles. The smallest absolute Gasteiger partial charge is 0.264 e. The van der Waals surface area contributed by atoms with Crippen molar-refractivity contribution in [3.05, 3.63) is 27.8 Å². The summed E-state index contributed by atoms with van der Waals surface area (Å²) in [6.07, 6.45) is 0.142. The van der Waals surface area contributed by atoms with Gasteiger partial charge in [-0.25, -0.2) is 13.1 Å². The number of nitrogens with one attached hydrogen (secondary N) is 1. The summed E-state index contributed by atoms with van der Waals surface area (Å²) in [5.41, 5.74) is 0. The molecule has 0 saturated heterocycles. The first-order valence-corrected chi connectivity index (χ1v) is 6.83. The zero-order valence-corrected chi connectivity index (χ0v) is 11.0. The topological polar surface area (TPSA) is 63.2 Å². The summed E-state index contributed by atoms with van der Waals surface area (Å²) in [4.78, 5) is 11.1. The Morgan fingerprint density at radius 1 is 1.33 bits per heavy atom. The fourth-order valence-corrected chi connectivity index (χ4v) is 2.31. The van der Waals surface area contributed by atoms with E-state index >= 15 is 0 Å². The predicted octanol–water partition coefficient (Wildman–Crippen LogP) is 1.51. The third-order valence-corrected chi connectivity index (χ3v) is 3.80. The van der Waals surface area contributed by atoms with Gasteiger partial charge < -0.3 is 0 Å². The SMILES string of the molecule is CCC(=O)NS(=O)(=O)c1ccc(I)cc1. The van der Waals surface area contributed by atoms with Crippen LogP contribution in [0, 0.1) is 3.57 Å². The maximum Gasteiger partial charge on any atom is 0.264 e. The van der Waals surface area contributed by atoms with E-state index in [4.69, 9.17) is 0 Å². The Kier molecular flexibility index (Phi) is 4.09. The highest BCUT2D eigenvalue weighted by atomic mass is 127. The van der Waals surface area contributed by atoms with Crippen LogP contribution < -0.4 is 4.72 Å². The number of hydrogen-bond acceptors (Lipinski definition) is 3. The molecule has 1 aromatic rings. The molecule has 6 heteroatoms. The average Bonchev–Trinajstić information content (AvgIpc) is 2.17. The van der Waals surface area contributed by atoms with Gasteiger partial charge in [0.2, 0.25) is 5.91 Å². The monoisotopic (exact) mass is 339 g/mol. The van der Waals surface area contributed by atoms with Crippen LogP contribution in [0.1, 0.15) is 13.3 Å². The number of benzene rings is 1. The second-order valence-electron chi connectivity index (χ2n) is 2.84. The number of hydrogen-bond donors (Lipinski definition) is 1. The van der Waals surface area contributed by atoms with Gasteiger partial charge in [-0.2, -0.15) is 0 Å². The van der Waals surface area contributed by atoms with Crippen LogP contribution in [0.25, 0.3) is 0 Å². The molecule has 0 aliphatic heterocycles. The minimum Gasteiger partial charge on any atom is -0.274 e. The van der Waals surface area contributed by atoms with Crippen LogP contribution in [0.15, 0.2) is 29.2 Å². The second kappa shape index (κ2) is 4.93. The minimum atomic E-state index is -3.69. The van der Waals surface area contributed by atoms with Crippen LogP contribution >= 0.6 is 22.6 Å². The van der Waals surface area contributed by atoms with Crippen molar-refractivity contribution in [2.45, 2.75) is 18.2 Å². The highest BCUT2D eigenvalue weighted by molar-refractivity contribution is 14.1. The molecule has 4 nitrogen and oxygen atoms in total. The number of rotatable bonds is 3. The van der Waals surface area contributed by atoms with Crippen LogP contribution in [0.2, 0.25) is 0 Å². The Morgan fingerprint density at radius 2 is 1.87 bits per heavy atom. The Morgan fingerprint density at radius 3 is 2.33 bits per heavy atom. The molecule has 0 saturated carbocycles. The molecule has 0 radical (unpaired) electrons. The van der Waals surface area contributed by atoms with Crippen molar-refractivity contribution in [1.29, 1.82) is 0 Å². The molecule has 1 amide bonds. The first kappa shape index (κ1) is 12.4. The van der Waals surface area contributed by atoms with Gasteiger partial charge >= 0.3 is 0 Å². The van der Waals surface area contributed by atoms with Gasteiger partial charge in [0, 0.05) is 9.99 Å². The lowest BCUT2D eigenvalue weighted by Gasteiger charge is -2.05. The van der Waals surface area contributed by atoms with E-state index in [-0.39, 0.29) is 11.3 Å². The quantitative estimate of drug-likeness (QED) is 0.849. The predicted molar refractivity (Wildman–Crippen MR) is 64.8 cm³/mol. The second-order valence-corrected chi connectivity index (χ2v) is 5.76. The van der Waals surface area contributed by atoms with Gasteiger partial charge in [0.1, 0.15) is 0 Å². The first-order valence-electron chi connectivity index (χ1n) is 4.27. The van der Waals surface area contributed by atoms with Crippen molar-refractivity contribution in [3.63, 3.8) is 0 Å². The zero-order chi connectivity index (χ0) is 11.5. The highest BCUT2D eigenvalue weighted by Crippen LogP contribution is 2.11. The van der Waals surface area contributed by atoms with Gasteiger partial charge in [-0.3, -0.25) is 4.79 Å². The lowest BCUT2D eigenvalue weighted by molar-refractivity contribution is -0.119. The van der Waals surface area contributed by atoms with E-state index in [2.05, 4.69) is 22.6 Å². The summed E-state index contributed by atoms with van der Waals surface area (Å²) in [5, 5.41) is 0. The molecule has 0 aliphatic rings. The van der Waals surface area contributed by atoms with Crippen LogP contribution in [-0.4, -0.2) is 14.3 Å². The minimum absolute atomic E-state index is 0.102. The lowest BCUT2D eigenvalue weighted by Crippen LogP contribution is -2.29. The summed E-state index contributed by atoms with van der Waals surface area (Å²) < 4.78 is 26.1. The summed E-state index contributed by atoms with van der Waals surface area (Å²) in [6.45, 7) is 1.60. The molecule has 82 valence electrons. The summed E-state index contributed by atoms with van der Waals surface area (Å²) in [6, 6.07) is 6.27. The number of sulfonamides is 1. The molecular formula is C9H10INO3S. The Hall–Kier alpha value is -0.630.